The van der Waals surface area contributed by atoms with Gasteiger partial charge in [0, 0.05) is 0 Å². The van der Waals surface area contributed by atoms with Crippen LogP contribution in [-0.4, -0.2) is 124 Å². The summed E-state index contributed by atoms with van der Waals surface area (Å²) in [4.78, 5) is 74.7. The molecule has 22 nitrogen and oxygen atoms in total. The monoisotopic (exact) mass is 1530 g/mol. The van der Waals surface area contributed by atoms with Crippen LogP contribution in [0.3, 0.4) is 0 Å². The van der Waals surface area contributed by atoms with E-state index in [-0.39, 0.29) is 0 Å². The predicted octanol–water partition coefficient (Wildman–Crippen LogP) is 11.8. The van der Waals surface area contributed by atoms with Crippen molar-refractivity contribution in [3.63, 3.8) is 0 Å². The first-order valence-electron chi connectivity index (χ1n) is 24.0. The van der Waals surface area contributed by atoms with E-state index in [4.69, 9.17) is 57.7 Å². The van der Waals surface area contributed by atoms with Gasteiger partial charge in [-0.25, -0.2) is 20.8 Å². The quantitative estimate of drug-likeness (QED) is 0.0162. The molecule has 0 atom stereocenters. The second-order valence-electron chi connectivity index (χ2n) is 15.1. The van der Waals surface area contributed by atoms with E-state index in [9.17, 15) is 29.4 Å². The van der Waals surface area contributed by atoms with E-state index >= 15 is 0 Å². The average Bonchev–Trinajstić information content (AvgIpc) is 3.26. The topological polar surface area (TPSA) is 348 Å². The molecule has 68 heavy (non-hydrogen) atoms. The zero-order valence-electron chi connectivity index (χ0n) is 43.5. The van der Waals surface area contributed by atoms with Crippen LogP contribution in [0.1, 0.15) is 198 Å². The fourth-order valence-corrected chi connectivity index (χ4v) is 13.2. The third kappa shape index (κ3) is 96.5. The fraction of sp³-hybridized carbons (Fsp3) is 1.00. The van der Waals surface area contributed by atoms with E-state index < -0.39 is 97.1 Å². The van der Waals surface area contributed by atoms with Crippen molar-refractivity contribution in [3.05, 3.63) is 9.81 Å². The van der Waals surface area contributed by atoms with Gasteiger partial charge in [-0.2, -0.15) is 37.7 Å². The second-order valence-corrected chi connectivity index (χ2v) is 26.5. The molecular weight excluding hydrogens is 1430 g/mol. The van der Waals surface area contributed by atoms with E-state index in [0.29, 0.717) is 26.4 Å². The summed E-state index contributed by atoms with van der Waals surface area (Å²) in [6.45, 7) is 22.7. The molecule has 0 aliphatic rings. The van der Waals surface area contributed by atoms with Crippen molar-refractivity contribution in [2.24, 2.45) is 0 Å². The van der Waals surface area contributed by atoms with Gasteiger partial charge in [0.15, 0.2) is 0 Å². The van der Waals surface area contributed by atoms with Crippen LogP contribution in [0.5, 0.6) is 0 Å². The van der Waals surface area contributed by atoms with Crippen LogP contribution < -0.4 is 0 Å². The molecule has 0 aromatic carbocycles. The van der Waals surface area contributed by atoms with Crippen LogP contribution in [0.4, 0.5) is 0 Å². The summed E-state index contributed by atoms with van der Waals surface area (Å²) in [5.41, 5.74) is 0. The van der Waals surface area contributed by atoms with E-state index in [1.165, 1.54) is 77.0 Å². The molecule has 10 N–H and O–H groups in total. The van der Waals surface area contributed by atoms with Crippen molar-refractivity contribution in [1.29, 1.82) is 0 Å². The number of hydrogen-bond acceptors (Lipinski definition) is 16. The maximum atomic E-state index is 10.5. The molecule has 0 unspecified atom stereocenters. The van der Waals surface area contributed by atoms with Crippen LogP contribution in [0.2, 0.25) is 0 Å². The van der Waals surface area contributed by atoms with Gasteiger partial charge in [-0.05, 0) is 64.2 Å². The van der Waals surface area contributed by atoms with Crippen molar-refractivity contribution >= 4 is 31.3 Å². The average molecular weight is 1530 g/mol. The Bertz CT molecular complexity index is 948. The molecule has 0 saturated carbocycles. The summed E-state index contributed by atoms with van der Waals surface area (Å²) in [6.07, 6.45) is 28.5. The van der Waals surface area contributed by atoms with Crippen LogP contribution in [0, 0.1) is 65.5 Å². The van der Waals surface area contributed by atoms with Crippen molar-refractivity contribution in [2.45, 2.75) is 198 Å². The molecule has 0 amide bonds. The Balaban J connectivity index is -0.000000107. The molecule has 0 aromatic heterocycles. The Hall–Kier alpha value is 1.02. The number of nitrogens with zero attached hydrogens (tertiary/aromatic N) is 2. The zero-order chi connectivity index (χ0) is 54.6. The first-order valence-corrected chi connectivity index (χ1v) is 38.5. The third-order valence-corrected chi connectivity index (χ3v) is 17.6. The van der Waals surface area contributed by atoms with Crippen molar-refractivity contribution in [2.75, 3.05) is 63.4 Å². The summed E-state index contributed by atoms with van der Waals surface area (Å²) < 4.78 is 53.6. The van der Waals surface area contributed by atoms with Crippen LogP contribution in [-0.2, 0) is 27.0 Å². The molecule has 0 radical (unpaired) electrons. The summed E-state index contributed by atoms with van der Waals surface area (Å²) in [7, 11) is -10.0. The Kier molecular flexibility index (Phi) is 85.8. The maximum absolute atomic E-state index is 10.5. The van der Waals surface area contributed by atoms with Crippen LogP contribution >= 0.6 is 31.3 Å². The Morgan fingerprint density at radius 2 is 0.441 bits per heavy atom. The summed E-state index contributed by atoms with van der Waals surface area (Å²) in [6, 6.07) is 0. The molecule has 0 rings (SSSR count). The second kappa shape index (κ2) is 68.0. The SMILES string of the molecule is CCCCO[P+](O)(O)OCCCC.CCCCO[P+](O)(O)OCCCC.CCCC[P+](O)(CCCC)CCCC.CCCC[P+](O)(CCCC)CCCC.O=[N+](O)O.O=[N+](O)O.[O]=[U]=[O].[O]=[U]=[O]. The molecule has 0 aliphatic heterocycles. The molecule has 0 bridgehead atoms. The Labute approximate surface area is 441 Å². The fourth-order valence-electron chi connectivity index (χ4n) is 4.77. The Morgan fingerprint density at radius 1 is 0.324 bits per heavy atom. The zero-order valence-corrected chi connectivity index (χ0v) is 55.4. The first-order chi connectivity index (χ1) is 31.9. The number of hydrogen-bond donors (Lipinski definition) is 10. The molecule has 0 spiro atoms. The molecule has 412 valence electrons. The van der Waals surface area contributed by atoms with Crippen molar-refractivity contribution < 1.29 is 143 Å². The molecular formula is C40H100N2O20P4U2+6. The summed E-state index contributed by atoms with van der Waals surface area (Å²) in [5.74, 6) is 0. The molecule has 0 heterocycles. The minimum atomic E-state index is -3.50. The normalized spacial score (nSPS) is 10.5. The van der Waals surface area contributed by atoms with Gasteiger partial charge in [-0.1, -0.05) is 133 Å². The van der Waals surface area contributed by atoms with Gasteiger partial charge in [0.05, 0.1) is 37.0 Å². The number of unbranched alkanes of at least 4 members (excludes halogenated alkanes) is 10. The van der Waals surface area contributed by atoms with Crippen molar-refractivity contribution in [3.8, 4) is 0 Å². The van der Waals surface area contributed by atoms with E-state index in [0.717, 1.165) is 88.3 Å². The van der Waals surface area contributed by atoms with Gasteiger partial charge >= 0.3 is 91.1 Å². The third-order valence-electron chi connectivity index (χ3n) is 8.60. The molecule has 28 heteroatoms. The van der Waals surface area contributed by atoms with Gasteiger partial charge in [-0.3, -0.25) is 9.79 Å². The van der Waals surface area contributed by atoms with E-state index in [1.54, 1.807) is 0 Å². The standard InChI is InChI=1S/2C12H28OP.2C8H20O4P.2H2NO3.4O.2U/c2*1-4-7-10-14(13,11-8-5-2)12-9-6-3;2*1-3-5-7-11-13(9,10)12-8-6-4-2;2*2-1(3)4;;;;;;/h2*13H,4-12H2,1-3H3;2*9-10H,3-8H2,1-2H3;2*(H2,2,3,4);;;;;;/q6*+1;;;;;;. The van der Waals surface area contributed by atoms with E-state index in [1.807, 2.05) is 27.7 Å². The van der Waals surface area contributed by atoms with Gasteiger partial charge in [0.1, 0.15) is 51.2 Å². The van der Waals surface area contributed by atoms with Crippen molar-refractivity contribution in [1.82, 2.24) is 0 Å². The first kappa shape index (κ1) is 85.8. The van der Waals surface area contributed by atoms with Gasteiger partial charge in [-0.15, -0.1) is 0 Å². The Morgan fingerprint density at radius 3 is 0.544 bits per heavy atom. The predicted molar refractivity (Wildman–Crippen MR) is 260 cm³/mol. The molecule has 0 aliphatic carbocycles. The van der Waals surface area contributed by atoms with Gasteiger partial charge in [0.2, 0.25) is 0 Å². The summed E-state index contributed by atoms with van der Waals surface area (Å²) >= 11 is -5.01. The van der Waals surface area contributed by atoms with Gasteiger partial charge < -0.3 is 0 Å². The summed E-state index contributed by atoms with van der Waals surface area (Å²) in [5, 5.41) is 25.1. The minimum absolute atomic E-state index is 0.351. The molecule has 0 fully saturated rings. The van der Waals surface area contributed by atoms with Crippen LogP contribution in [0.15, 0.2) is 0 Å². The molecule has 0 aromatic rings. The number of rotatable bonds is 34. The van der Waals surface area contributed by atoms with Crippen LogP contribution in [0.25, 0.3) is 0 Å². The van der Waals surface area contributed by atoms with Gasteiger partial charge in [0.25, 0.3) is 0 Å². The van der Waals surface area contributed by atoms with E-state index in [2.05, 4.69) is 41.5 Å². The molecule has 0 saturated heterocycles.